The van der Waals surface area contributed by atoms with Crippen molar-refractivity contribution in [3.63, 3.8) is 0 Å². The van der Waals surface area contributed by atoms with Gasteiger partial charge in [0.05, 0.1) is 11.3 Å². The van der Waals surface area contributed by atoms with E-state index in [4.69, 9.17) is 0 Å². The second-order valence-electron chi connectivity index (χ2n) is 5.59. The first-order valence-electron chi connectivity index (χ1n) is 7.19. The molecular weight excluding hydrogens is 404 g/mol. The number of alkyl halides is 6. The van der Waals surface area contributed by atoms with E-state index in [1.807, 2.05) is 0 Å². The van der Waals surface area contributed by atoms with Gasteiger partial charge in [0.1, 0.15) is 0 Å². The van der Waals surface area contributed by atoms with Gasteiger partial charge >= 0.3 is 12.4 Å². The van der Waals surface area contributed by atoms with Crippen molar-refractivity contribution in [1.82, 2.24) is 14.8 Å². The van der Waals surface area contributed by atoms with Crippen molar-refractivity contribution < 1.29 is 39.5 Å². The van der Waals surface area contributed by atoms with Crippen molar-refractivity contribution in [2.24, 2.45) is 7.05 Å². The van der Waals surface area contributed by atoms with E-state index >= 15 is 0 Å². The second kappa shape index (κ2) is 7.02. The molecule has 0 unspecified atom stereocenters. The lowest BCUT2D eigenvalue weighted by molar-refractivity contribution is -0.154. The van der Waals surface area contributed by atoms with Gasteiger partial charge in [0.25, 0.3) is 0 Å². The van der Waals surface area contributed by atoms with Gasteiger partial charge in [-0.05, 0) is 24.6 Å². The number of rotatable bonds is 5. The Labute approximate surface area is 149 Å². The summed E-state index contributed by atoms with van der Waals surface area (Å²) in [6.45, 7) is -0.358. The van der Waals surface area contributed by atoms with E-state index in [0.717, 1.165) is 19.3 Å². The van der Waals surface area contributed by atoms with Crippen LogP contribution in [0.1, 0.15) is 16.8 Å². The SMILES string of the molecule is Cc1ccnc(S(=O)(=O)Cc2c(C(F)(F)F)nn(C)c2OCC(F)(F)F)c1. The summed E-state index contributed by atoms with van der Waals surface area (Å²) >= 11 is 0. The maximum atomic E-state index is 13.2. The van der Waals surface area contributed by atoms with Crippen LogP contribution in [0.15, 0.2) is 23.4 Å². The Morgan fingerprint density at radius 3 is 2.33 bits per heavy atom. The summed E-state index contributed by atoms with van der Waals surface area (Å²) in [6.07, 6.45) is -8.78. The Balaban J connectivity index is 2.52. The number of hydrogen-bond acceptors (Lipinski definition) is 5. The standard InChI is InChI=1S/C14H13F6N3O3S/c1-8-3-4-21-10(5-8)27(24,25)6-9-11(14(18,19)20)22-23(2)12(9)26-7-13(15,16)17/h3-5H,6-7H2,1-2H3. The normalized spacial score (nSPS) is 13.0. The average molecular weight is 417 g/mol. The zero-order chi connectivity index (χ0) is 20.6. The van der Waals surface area contributed by atoms with Crippen LogP contribution in [0.5, 0.6) is 5.88 Å². The number of halogens is 6. The zero-order valence-electron chi connectivity index (χ0n) is 13.9. The van der Waals surface area contributed by atoms with Crippen LogP contribution in [0, 0.1) is 6.92 Å². The highest BCUT2D eigenvalue weighted by molar-refractivity contribution is 7.90. The van der Waals surface area contributed by atoms with E-state index in [2.05, 4.69) is 14.8 Å². The van der Waals surface area contributed by atoms with E-state index in [9.17, 15) is 34.8 Å². The number of aromatic nitrogens is 3. The molecule has 150 valence electrons. The summed E-state index contributed by atoms with van der Waals surface area (Å²) in [5.41, 5.74) is -2.17. The van der Waals surface area contributed by atoms with Crippen molar-refractivity contribution >= 4 is 9.84 Å². The van der Waals surface area contributed by atoms with Crippen LogP contribution in [0.4, 0.5) is 26.3 Å². The maximum absolute atomic E-state index is 13.2. The van der Waals surface area contributed by atoms with Crippen molar-refractivity contribution in [2.45, 2.75) is 30.1 Å². The molecule has 0 aromatic carbocycles. The average Bonchev–Trinajstić information content (AvgIpc) is 2.80. The van der Waals surface area contributed by atoms with Crippen molar-refractivity contribution in [1.29, 1.82) is 0 Å². The summed E-state index contributed by atoms with van der Waals surface area (Å²) in [7, 11) is -3.49. The number of nitrogens with zero attached hydrogens (tertiary/aromatic N) is 3. The predicted molar refractivity (Wildman–Crippen MR) is 79.6 cm³/mol. The van der Waals surface area contributed by atoms with Gasteiger partial charge in [-0.1, -0.05) is 0 Å². The molecule has 0 bridgehead atoms. The van der Waals surface area contributed by atoms with Crippen LogP contribution < -0.4 is 4.74 Å². The van der Waals surface area contributed by atoms with Gasteiger partial charge in [-0.2, -0.15) is 31.4 Å². The molecule has 2 aromatic rings. The fourth-order valence-electron chi connectivity index (χ4n) is 2.18. The third kappa shape index (κ3) is 5.11. The van der Waals surface area contributed by atoms with E-state index in [0.29, 0.717) is 10.2 Å². The number of pyridine rings is 1. The Hall–Kier alpha value is -2.31. The Morgan fingerprint density at radius 1 is 1.19 bits per heavy atom. The molecule has 0 aliphatic rings. The molecule has 0 saturated heterocycles. The Bertz CT molecular complexity index is 935. The van der Waals surface area contributed by atoms with Gasteiger partial charge in [0.2, 0.25) is 5.88 Å². The first-order valence-corrected chi connectivity index (χ1v) is 8.84. The Morgan fingerprint density at radius 2 is 1.81 bits per heavy atom. The molecule has 0 fully saturated rings. The molecule has 0 spiro atoms. The van der Waals surface area contributed by atoms with Crippen LogP contribution in [0.25, 0.3) is 0 Å². The Kier molecular flexibility index (Phi) is 5.46. The topological polar surface area (TPSA) is 74.1 Å². The molecule has 0 aliphatic heterocycles. The molecule has 0 amide bonds. The molecule has 27 heavy (non-hydrogen) atoms. The molecule has 2 aromatic heterocycles. The third-order valence-electron chi connectivity index (χ3n) is 3.27. The van der Waals surface area contributed by atoms with Crippen LogP contribution in [0.3, 0.4) is 0 Å². The van der Waals surface area contributed by atoms with Crippen molar-refractivity contribution in [2.75, 3.05) is 6.61 Å². The largest absolute Gasteiger partial charge is 0.468 e. The molecule has 0 saturated carbocycles. The molecule has 0 N–H and O–H groups in total. The lowest BCUT2D eigenvalue weighted by atomic mass is 10.2. The lowest BCUT2D eigenvalue weighted by Gasteiger charge is -2.12. The number of ether oxygens (including phenoxy) is 1. The van der Waals surface area contributed by atoms with Crippen molar-refractivity contribution in [3.05, 3.63) is 35.2 Å². The van der Waals surface area contributed by atoms with E-state index < -0.39 is 56.7 Å². The molecule has 0 aliphatic carbocycles. The lowest BCUT2D eigenvalue weighted by Crippen LogP contribution is -2.21. The van der Waals surface area contributed by atoms with Gasteiger partial charge in [-0.3, -0.25) is 0 Å². The first kappa shape index (κ1) is 21.0. The monoisotopic (exact) mass is 417 g/mol. The number of sulfone groups is 1. The summed E-state index contributed by atoms with van der Waals surface area (Å²) in [6, 6.07) is 2.61. The summed E-state index contributed by atoms with van der Waals surface area (Å²) in [5, 5.41) is 2.58. The first-order chi connectivity index (χ1) is 12.2. The van der Waals surface area contributed by atoms with E-state index in [1.54, 1.807) is 6.92 Å². The molecule has 2 heterocycles. The summed E-state index contributed by atoms with van der Waals surface area (Å²) in [5.74, 6) is -2.21. The maximum Gasteiger partial charge on any atom is 0.435 e. The fraction of sp³-hybridized carbons (Fsp3) is 0.429. The van der Waals surface area contributed by atoms with Crippen LogP contribution in [-0.4, -0.2) is 36.0 Å². The number of aryl methyl sites for hydroxylation is 2. The molecule has 6 nitrogen and oxygen atoms in total. The zero-order valence-corrected chi connectivity index (χ0v) is 14.7. The summed E-state index contributed by atoms with van der Waals surface area (Å²) < 4.78 is 106. The summed E-state index contributed by atoms with van der Waals surface area (Å²) in [4.78, 5) is 3.60. The van der Waals surface area contributed by atoms with Gasteiger partial charge < -0.3 is 4.74 Å². The second-order valence-corrected chi connectivity index (χ2v) is 7.52. The van der Waals surface area contributed by atoms with Crippen LogP contribution >= 0.6 is 0 Å². The van der Waals surface area contributed by atoms with Gasteiger partial charge in [-0.15, -0.1) is 0 Å². The minimum Gasteiger partial charge on any atom is -0.468 e. The van der Waals surface area contributed by atoms with E-state index in [1.165, 1.54) is 6.07 Å². The van der Waals surface area contributed by atoms with Crippen LogP contribution in [0.2, 0.25) is 0 Å². The number of hydrogen-bond donors (Lipinski definition) is 0. The van der Waals surface area contributed by atoms with Crippen LogP contribution in [-0.2, 0) is 28.8 Å². The van der Waals surface area contributed by atoms with E-state index in [-0.39, 0.29) is 0 Å². The minimum atomic E-state index is -5.09. The highest BCUT2D eigenvalue weighted by atomic mass is 32.2. The third-order valence-corrected chi connectivity index (χ3v) is 4.80. The molecule has 2 rings (SSSR count). The predicted octanol–water partition coefficient (Wildman–Crippen LogP) is 3.06. The highest BCUT2D eigenvalue weighted by Crippen LogP contribution is 2.37. The van der Waals surface area contributed by atoms with Gasteiger partial charge in [0.15, 0.2) is 27.2 Å². The molecule has 0 radical (unpaired) electrons. The molecule has 0 atom stereocenters. The van der Waals surface area contributed by atoms with Gasteiger partial charge in [-0.25, -0.2) is 18.1 Å². The van der Waals surface area contributed by atoms with Gasteiger partial charge in [0, 0.05) is 13.2 Å². The fourth-order valence-corrected chi connectivity index (χ4v) is 3.56. The minimum absolute atomic E-state index is 0.420. The van der Waals surface area contributed by atoms with Crippen molar-refractivity contribution in [3.8, 4) is 5.88 Å². The quantitative estimate of drug-likeness (QED) is 0.700. The molecule has 13 heteroatoms. The molecular formula is C14H13F6N3O3S. The smallest absolute Gasteiger partial charge is 0.435 e. The highest BCUT2D eigenvalue weighted by Gasteiger charge is 2.42.